The monoisotopic (exact) mass is 350 g/mol. The molecule has 0 atom stereocenters. The minimum atomic E-state index is -4.02. The van der Waals surface area contributed by atoms with E-state index in [1.165, 1.54) is 27.4 Å². The first kappa shape index (κ1) is 17.6. The normalized spacial score (nSPS) is 11.1. The van der Waals surface area contributed by atoms with Crippen LogP contribution in [0.5, 0.6) is 0 Å². The summed E-state index contributed by atoms with van der Waals surface area (Å²) in [5.74, 6) is 0. The van der Waals surface area contributed by atoms with Crippen molar-refractivity contribution in [1.82, 2.24) is 0 Å². The molecule has 0 amide bonds. The summed E-state index contributed by atoms with van der Waals surface area (Å²) in [5, 5.41) is 1.39. The lowest BCUT2D eigenvalue weighted by atomic mass is 10.2. The number of aromatic nitrogens is 1. The molecule has 0 fully saturated rings. The van der Waals surface area contributed by atoms with Gasteiger partial charge < -0.3 is 0 Å². The minimum absolute atomic E-state index is 0.0666. The summed E-state index contributed by atoms with van der Waals surface area (Å²) < 4.78 is 33.3. The lowest BCUT2D eigenvalue weighted by Gasteiger charge is -1.95. The zero-order chi connectivity index (χ0) is 17.0. The molecule has 2 aromatic carbocycles. The van der Waals surface area contributed by atoms with Gasteiger partial charge in [-0.2, -0.15) is 13.0 Å². The first-order valence-corrected chi connectivity index (χ1v) is 9.50. The predicted octanol–water partition coefficient (Wildman–Crippen LogP) is 3.76. The van der Waals surface area contributed by atoms with E-state index in [1.54, 1.807) is 12.1 Å². The van der Waals surface area contributed by atoms with E-state index in [1.807, 2.05) is 18.3 Å². The molecule has 0 spiro atoms. The fraction of sp³-hybridized carbons (Fsp3) is 0.235. The highest BCUT2D eigenvalue weighted by molar-refractivity contribution is 7.85. The lowest BCUT2D eigenvalue weighted by molar-refractivity contribution is -0.669. The molecule has 1 N–H and O–H groups in total. The second kappa shape index (κ2) is 7.21. The Hall–Kier alpha value is -1.76. The van der Waals surface area contributed by atoms with Gasteiger partial charge in [0.15, 0.2) is 0 Å². The predicted molar refractivity (Wildman–Crippen MR) is 93.4 cm³/mol. The standard InChI is InChI=1S/C10H12NS.C7H8O3S/c1-3-11-8(2)12-10-7-5-4-6-9(10)11;1-6-2-4-7(5-3-6)11(8,9)10/h4-7H,3H2,1-2H3;2-5H,1H3,(H,8,9,10)/q+1;. The van der Waals surface area contributed by atoms with Crippen molar-refractivity contribution in [3.05, 3.63) is 59.1 Å². The Balaban J connectivity index is 0.000000168. The van der Waals surface area contributed by atoms with Crippen LogP contribution in [0.25, 0.3) is 10.2 Å². The zero-order valence-corrected chi connectivity index (χ0v) is 15.0. The van der Waals surface area contributed by atoms with Gasteiger partial charge >= 0.3 is 0 Å². The number of nitrogens with zero attached hydrogens (tertiary/aromatic N) is 1. The molecular weight excluding hydrogens is 330 g/mol. The Morgan fingerprint density at radius 3 is 2.22 bits per heavy atom. The fourth-order valence-corrected chi connectivity index (χ4v) is 3.82. The van der Waals surface area contributed by atoms with Gasteiger partial charge in [-0.15, -0.1) is 0 Å². The summed E-state index contributed by atoms with van der Waals surface area (Å²) in [6.45, 7) is 7.27. The summed E-state index contributed by atoms with van der Waals surface area (Å²) in [7, 11) is -4.02. The summed E-state index contributed by atoms with van der Waals surface area (Å²) in [6.07, 6.45) is 0. The number of fused-ring (bicyclic) bond motifs is 1. The molecule has 0 saturated carbocycles. The van der Waals surface area contributed by atoms with Crippen molar-refractivity contribution in [3.8, 4) is 0 Å². The van der Waals surface area contributed by atoms with Crippen molar-refractivity contribution in [1.29, 1.82) is 0 Å². The van der Waals surface area contributed by atoms with Gasteiger partial charge in [0.1, 0.15) is 11.2 Å². The van der Waals surface area contributed by atoms with Crippen LogP contribution >= 0.6 is 11.3 Å². The van der Waals surface area contributed by atoms with E-state index >= 15 is 0 Å². The van der Waals surface area contributed by atoms with Crippen LogP contribution in [-0.2, 0) is 16.7 Å². The molecule has 3 rings (SSSR count). The van der Waals surface area contributed by atoms with Gasteiger partial charge in [-0.3, -0.25) is 4.55 Å². The second-order valence-electron chi connectivity index (χ2n) is 5.12. The van der Waals surface area contributed by atoms with Crippen molar-refractivity contribution in [3.63, 3.8) is 0 Å². The Labute approximate surface area is 140 Å². The lowest BCUT2D eigenvalue weighted by Crippen LogP contribution is -2.33. The van der Waals surface area contributed by atoms with Crippen molar-refractivity contribution < 1.29 is 17.5 Å². The Morgan fingerprint density at radius 1 is 1.04 bits per heavy atom. The maximum Gasteiger partial charge on any atom is 0.294 e. The number of thiazole rings is 1. The minimum Gasteiger partial charge on any atom is -0.282 e. The maximum absolute atomic E-state index is 10.5. The van der Waals surface area contributed by atoms with Gasteiger partial charge in [-0.1, -0.05) is 41.2 Å². The molecule has 122 valence electrons. The topological polar surface area (TPSA) is 58.2 Å². The van der Waals surface area contributed by atoms with Gasteiger partial charge in [0, 0.05) is 13.0 Å². The molecule has 23 heavy (non-hydrogen) atoms. The highest BCUT2D eigenvalue weighted by atomic mass is 32.2. The number of rotatable bonds is 2. The Bertz CT molecular complexity index is 897. The molecule has 0 aliphatic carbocycles. The SMILES string of the molecule is CC[n+]1c(C)sc2ccccc21.Cc1ccc(S(=O)(=O)O)cc1. The first-order valence-electron chi connectivity index (χ1n) is 7.25. The summed E-state index contributed by atoms with van der Waals surface area (Å²) in [5.41, 5.74) is 2.32. The molecule has 1 aromatic heterocycles. The van der Waals surface area contributed by atoms with E-state index in [-0.39, 0.29) is 4.90 Å². The molecule has 0 bridgehead atoms. The van der Waals surface area contributed by atoms with E-state index in [9.17, 15) is 8.42 Å². The van der Waals surface area contributed by atoms with Gasteiger partial charge in [0.25, 0.3) is 10.1 Å². The molecule has 0 radical (unpaired) electrons. The highest BCUT2D eigenvalue weighted by Gasteiger charge is 2.13. The Morgan fingerprint density at radius 2 is 1.65 bits per heavy atom. The van der Waals surface area contributed by atoms with E-state index in [0.29, 0.717) is 0 Å². The number of hydrogen-bond donors (Lipinski definition) is 1. The maximum atomic E-state index is 10.5. The van der Waals surface area contributed by atoms with Crippen LogP contribution in [0.3, 0.4) is 0 Å². The van der Waals surface area contributed by atoms with Crippen LogP contribution in [0, 0.1) is 13.8 Å². The third-order valence-corrected chi connectivity index (χ3v) is 5.38. The van der Waals surface area contributed by atoms with Crippen molar-refractivity contribution in [2.75, 3.05) is 0 Å². The van der Waals surface area contributed by atoms with Gasteiger partial charge in [-0.05, 0) is 32.0 Å². The Kier molecular flexibility index (Phi) is 5.51. The quantitative estimate of drug-likeness (QED) is 0.565. The molecule has 3 aromatic rings. The van der Waals surface area contributed by atoms with E-state index < -0.39 is 10.1 Å². The molecule has 0 aliphatic rings. The van der Waals surface area contributed by atoms with E-state index in [0.717, 1.165) is 12.1 Å². The summed E-state index contributed by atoms with van der Waals surface area (Å²) in [6, 6.07) is 14.5. The molecule has 0 unspecified atom stereocenters. The van der Waals surface area contributed by atoms with Crippen molar-refractivity contribution in [2.24, 2.45) is 0 Å². The van der Waals surface area contributed by atoms with Crippen molar-refractivity contribution >= 4 is 31.7 Å². The van der Waals surface area contributed by atoms with E-state index in [4.69, 9.17) is 4.55 Å². The molecule has 0 saturated heterocycles. The number of benzene rings is 2. The molecule has 1 heterocycles. The smallest absolute Gasteiger partial charge is 0.282 e. The second-order valence-corrected chi connectivity index (χ2v) is 7.78. The average Bonchev–Trinajstić information content (AvgIpc) is 2.82. The number of aryl methyl sites for hydroxylation is 3. The van der Waals surface area contributed by atoms with Crippen molar-refractivity contribution in [2.45, 2.75) is 32.2 Å². The number of para-hydroxylation sites is 1. The zero-order valence-electron chi connectivity index (χ0n) is 13.4. The molecule has 0 aliphatic heterocycles. The van der Waals surface area contributed by atoms with Crippen LogP contribution < -0.4 is 4.57 Å². The van der Waals surface area contributed by atoms with E-state index in [2.05, 4.69) is 42.7 Å². The summed E-state index contributed by atoms with van der Waals surface area (Å²) >= 11 is 1.87. The van der Waals surface area contributed by atoms with Crippen LogP contribution in [0.15, 0.2) is 53.4 Å². The fourth-order valence-electron chi connectivity index (χ4n) is 2.25. The van der Waals surface area contributed by atoms with Gasteiger partial charge in [-0.25, -0.2) is 0 Å². The molecular formula is C17H20NO3S2+. The average molecular weight is 350 g/mol. The third-order valence-electron chi connectivity index (χ3n) is 3.43. The molecule has 6 heteroatoms. The highest BCUT2D eigenvalue weighted by Crippen LogP contribution is 2.18. The first-order chi connectivity index (χ1) is 10.8. The number of hydrogen-bond acceptors (Lipinski definition) is 3. The van der Waals surface area contributed by atoms with Crippen LogP contribution in [0.4, 0.5) is 0 Å². The van der Waals surface area contributed by atoms with Crippen LogP contribution in [0.1, 0.15) is 17.5 Å². The third kappa shape index (κ3) is 4.37. The van der Waals surface area contributed by atoms with Crippen LogP contribution in [-0.4, -0.2) is 13.0 Å². The van der Waals surface area contributed by atoms with Gasteiger partial charge in [0.2, 0.25) is 10.5 Å². The van der Waals surface area contributed by atoms with Crippen LogP contribution in [0.2, 0.25) is 0 Å². The largest absolute Gasteiger partial charge is 0.294 e. The van der Waals surface area contributed by atoms with Gasteiger partial charge in [0.05, 0.1) is 4.90 Å². The molecule has 4 nitrogen and oxygen atoms in total. The summed E-state index contributed by atoms with van der Waals surface area (Å²) in [4.78, 5) is -0.0666.